The Morgan fingerprint density at radius 2 is 1.78 bits per heavy atom. The van der Waals surface area contributed by atoms with E-state index in [4.69, 9.17) is 4.74 Å². The first-order valence-corrected chi connectivity index (χ1v) is 8.99. The van der Waals surface area contributed by atoms with Gasteiger partial charge in [0.05, 0.1) is 6.20 Å². The molecule has 144 valence electrons. The molecule has 0 radical (unpaired) electrons. The highest BCUT2D eigenvalue weighted by Gasteiger charge is 2.24. The van der Waals surface area contributed by atoms with Crippen LogP contribution in [0.15, 0.2) is 42.9 Å². The molecular formula is C20H26N4O3. The van der Waals surface area contributed by atoms with Crippen molar-refractivity contribution >= 4 is 17.5 Å². The summed E-state index contributed by atoms with van der Waals surface area (Å²) in [7, 11) is 0. The van der Waals surface area contributed by atoms with E-state index in [2.05, 4.69) is 20.6 Å². The third-order valence-corrected chi connectivity index (χ3v) is 3.74. The first-order valence-electron chi connectivity index (χ1n) is 8.99. The molecule has 27 heavy (non-hydrogen) atoms. The Balaban J connectivity index is 1.97. The summed E-state index contributed by atoms with van der Waals surface area (Å²) >= 11 is 0. The molecule has 0 fully saturated rings. The number of rotatable bonds is 8. The highest BCUT2D eigenvalue weighted by Crippen LogP contribution is 2.21. The van der Waals surface area contributed by atoms with E-state index in [1.807, 2.05) is 27.7 Å². The molecule has 0 saturated heterocycles. The summed E-state index contributed by atoms with van der Waals surface area (Å²) in [5.74, 6) is 0.820. The summed E-state index contributed by atoms with van der Waals surface area (Å²) in [5, 5.41) is 5.66. The molecule has 2 N–H and O–H groups in total. The molecule has 0 unspecified atom stereocenters. The van der Waals surface area contributed by atoms with E-state index in [-0.39, 0.29) is 23.7 Å². The number of ether oxygens (including phenoxy) is 1. The van der Waals surface area contributed by atoms with E-state index in [0.29, 0.717) is 23.7 Å². The van der Waals surface area contributed by atoms with E-state index in [0.717, 1.165) is 0 Å². The Hall–Kier alpha value is -2.96. The first kappa shape index (κ1) is 20.4. The summed E-state index contributed by atoms with van der Waals surface area (Å²) in [6.45, 7) is 7.73. The lowest BCUT2D eigenvalue weighted by atomic mass is 10.0. The average Bonchev–Trinajstić information content (AvgIpc) is 2.61. The maximum absolute atomic E-state index is 12.6. The number of anilines is 1. The van der Waals surface area contributed by atoms with Gasteiger partial charge in [0.25, 0.3) is 0 Å². The molecule has 1 atom stereocenters. The predicted molar refractivity (Wildman–Crippen MR) is 103 cm³/mol. The molecule has 7 heteroatoms. The van der Waals surface area contributed by atoms with E-state index in [1.54, 1.807) is 36.7 Å². The van der Waals surface area contributed by atoms with Gasteiger partial charge in [-0.25, -0.2) is 4.98 Å². The summed E-state index contributed by atoms with van der Waals surface area (Å²) < 4.78 is 5.57. The van der Waals surface area contributed by atoms with Gasteiger partial charge >= 0.3 is 0 Å². The van der Waals surface area contributed by atoms with Crippen molar-refractivity contribution in [3.63, 3.8) is 0 Å². The van der Waals surface area contributed by atoms with Crippen molar-refractivity contribution in [2.75, 3.05) is 5.32 Å². The molecule has 1 aromatic heterocycles. The quantitative estimate of drug-likeness (QED) is 0.743. The van der Waals surface area contributed by atoms with Crippen molar-refractivity contribution in [2.24, 2.45) is 11.8 Å². The van der Waals surface area contributed by atoms with Gasteiger partial charge in [0.2, 0.25) is 17.7 Å². The molecule has 0 spiro atoms. The van der Waals surface area contributed by atoms with Crippen LogP contribution in [0.4, 0.5) is 5.69 Å². The van der Waals surface area contributed by atoms with Gasteiger partial charge in [0.15, 0.2) is 0 Å². The predicted octanol–water partition coefficient (Wildman–Crippen LogP) is 3.39. The van der Waals surface area contributed by atoms with Gasteiger partial charge in [-0.15, -0.1) is 0 Å². The third-order valence-electron chi connectivity index (χ3n) is 3.74. The van der Waals surface area contributed by atoms with Crippen LogP contribution in [0, 0.1) is 11.8 Å². The number of carbonyl (C=O) groups is 2. The largest absolute Gasteiger partial charge is 0.438 e. The van der Waals surface area contributed by atoms with Gasteiger partial charge in [-0.2, -0.15) is 0 Å². The standard InChI is InChI=1S/C20H26N4O3/c1-13(2)11-17(25)24-19(14(3)4)20(26)23-15-5-7-16(8-6-15)27-18-12-21-9-10-22-18/h5-10,12-14,19H,11H2,1-4H3,(H,23,26)(H,24,25)/t19-/m0/s1. The minimum Gasteiger partial charge on any atom is -0.438 e. The Labute approximate surface area is 159 Å². The van der Waals surface area contributed by atoms with Crippen LogP contribution in [0.2, 0.25) is 0 Å². The van der Waals surface area contributed by atoms with Crippen molar-refractivity contribution in [1.29, 1.82) is 0 Å². The fourth-order valence-electron chi connectivity index (χ4n) is 2.42. The lowest BCUT2D eigenvalue weighted by molar-refractivity contribution is -0.127. The topological polar surface area (TPSA) is 93.2 Å². The van der Waals surface area contributed by atoms with Crippen molar-refractivity contribution in [3.8, 4) is 11.6 Å². The molecule has 2 amide bonds. The highest BCUT2D eigenvalue weighted by atomic mass is 16.5. The maximum Gasteiger partial charge on any atom is 0.247 e. The molecule has 7 nitrogen and oxygen atoms in total. The minimum absolute atomic E-state index is 0.0274. The molecule has 1 heterocycles. The van der Waals surface area contributed by atoms with Gasteiger partial charge in [0, 0.05) is 24.5 Å². The van der Waals surface area contributed by atoms with Gasteiger partial charge in [-0.05, 0) is 36.1 Å². The van der Waals surface area contributed by atoms with Gasteiger partial charge in [-0.1, -0.05) is 27.7 Å². The van der Waals surface area contributed by atoms with Crippen LogP contribution in [0.1, 0.15) is 34.1 Å². The smallest absolute Gasteiger partial charge is 0.247 e. The summed E-state index contributed by atoms with van der Waals surface area (Å²) in [5.41, 5.74) is 0.621. The third kappa shape index (κ3) is 6.69. The second kappa shape index (κ2) is 9.66. The van der Waals surface area contributed by atoms with E-state index < -0.39 is 6.04 Å². The molecule has 2 rings (SSSR count). The molecule has 0 saturated carbocycles. The Morgan fingerprint density at radius 1 is 1.07 bits per heavy atom. The van der Waals surface area contributed by atoms with Crippen molar-refractivity contribution in [2.45, 2.75) is 40.2 Å². The molecule has 1 aromatic carbocycles. The van der Waals surface area contributed by atoms with Crippen LogP contribution in [-0.4, -0.2) is 27.8 Å². The Bertz CT molecular complexity index is 746. The number of amides is 2. The SMILES string of the molecule is CC(C)CC(=O)N[C@H](C(=O)Nc1ccc(Oc2cnccn2)cc1)C(C)C. The van der Waals surface area contributed by atoms with E-state index >= 15 is 0 Å². The zero-order valence-electron chi connectivity index (χ0n) is 16.1. The zero-order chi connectivity index (χ0) is 19.8. The monoisotopic (exact) mass is 370 g/mol. The van der Waals surface area contributed by atoms with Gasteiger partial charge in [-0.3, -0.25) is 14.6 Å². The number of hydrogen-bond acceptors (Lipinski definition) is 5. The number of nitrogens with one attached hydrogen (secondary N) is 2. The second-order valence-electron chi connectivity index (χ2n) is 7.05. The van der Waals surface area contributed by atoms with Crippen molar-refractivity contribution in [1.82, 2.24) is 15.3 Å². The summed E-state index contributed by atoms with van der Waals surface area (Å²) in [6, 6.07) is 6.33. The maximum atomic E-state index is 12.6. The zero-order valence-corrected chi connectivity index (χ0v) is 16.1. The minimum atomic E-state index is -0.591. The second-order valence-corrected chi connectivity index (χ2v) is 7.05. The Morgan fingerprint density at radius 3 is 2.33 bits per heavy atom. The van der Waals surface area contributed by atoms with Crippen LogP contribution in [0.5, 0.6) is 11.6 Å². The fraction of sp³-hybridized carbons (Fsp3) is 0.400. The molecule has 2 aromatic rings. The van der Waals surface area contributed by atoms with Crippen LogP contribution in [-0.2, 0) is 9.59 Å². The van der Waals surface area contributed by atoms with Gasteiger partial charge in [0.1, 0.15) is 11.8 Å². The van der Waals surface area contributed by atoms with Crippen LogP contribution < -0.4 is 15.4 Å². The van der Waals surface area contributed by atoms with Gasteiger partial charge < -0.3 is 15.4 Å². The summed E-state index contributed by atoms with van der Waals surface area (Å²) in [4.78, 5) is 32.6. The highest BCUT2D eigenvalue weighted by molar-refractivity contribution is 5.97. The number of benzene rings is 1. The number of carbonyl (C=O) groups excluding carboxylic acids is 2. The lowest BCUT2D eigenvalue weighted by Crippen LogP contribution is -2.47. The normalized spacial score (nSPS) is 11.9. The lowest BCUT2D eigenvalue weighted by Gasteiger charge is -2.22. The first-order chi connectivity index (χ1) is 12.8. The van der Waals surface area contributed by atoms with Crippen LogP contribution in [0.3, 0.4) is 0 Å². The van der Waals surface area contributed by atoms with E-state index in [1.165, 1.54) is 6.20 Å². The molecule has 0 aliphatic carbocycles. The molecule has 0 bridgehead atoms. The number of nitrogens with zero attached hydrogens (tertiary/aromatic N) is 2. The molecule has 0 aliphatic heterocycles. The van der Waals surface area contributed by atoms with Crippen molar-refractivity contribution < 1.29 is 14.3 Å². The molecule has 0 aliphatic rings. The van der Waals surface area contributed by atoms with Crippen LogP contribution in [0.25, 0.3) is 0 Å². The summed E-state index contributed by atoms with van der Waals surface area (Å²) in [6.07, 6.45) is 5.02. The average molecular weight is 370 g/mol. The fourth-order valence-corrected chi connectivity index (χ4v) is 2.42. The van der Waals surface area contributed by atoms with Crippen LogP contribution >= 0.6 is 0 Å². The van der Waals surface area contributed by atoms with Crippen molar-refractivity contribution in [3.05, 3.63) is 42.9 Å². The number of hydrogen-bond donors (Lipinski definition) is 2. The number of aromatic nitrogens is 2. The molecular weight excluding hydrogens is 344 g/mol. The Kier molecular flexibility index (Phi) is 7.28. The van der Waals surface area contributed by atoms with E-state index in [9.17, 15) is 9.59 Å².